The summed E-state index contributed by atoms with van der Waals surface area (Å²) in [5, 5.41) is 7.13. The first-order valence-electron chi connectivity index (χ1n) is 11.2. The average molecular weight is 509 g/mol. The van der Waals surface area contributed by atoms with Crippen molar-refractivity contribution in [1.82, 2.24) is 19.3 Å². The van der Waals surface area contributed by atoms with Crippen LogP contribution in [0.5, 0.6) is 0 Å². The maximum absolute atomic E-state index is 13.3. The van der Waals surface area contributed by atoms with Crippen molar-refractivity contribution in [2.24, 2.45) is 5.92 Å². The Labute approximate surface area is 199 Å². The van der Waals surface area contributed by atoms with Crippen LogP contribution < -0.4 is 14.9 Å². The first-order valence-corrected chi connectivity index (χ1v) is 12.7. The Balaban J connectivity index is 1.28. The van der Waals surface area contributed by atoms with Gasteiger partial charge in [0.25, 0.3) is 0 Å². The van der Waals surface area contributed by atoms with E-state index in [2.05, 4.69) is 20.1 Å². The van der Waals surface area contributed by atoms with E-state index in [-0.39, 0.29) is 17.8 Å². The Morgan fingerprint density at radius 3 is 2.40 bits per heavy atom. The van der Waals surface area contributed by atoms with Gasteiger partial charge in [-0.05, 0) is 49.9 Å². The standard InChI is InChI=1S/C22H23F3N6O3S/c23-22(24,25)16-4-1-2-5-17(16)35(33,34)29-15-10-12-30(13-11-15)19-7-3-6-18-26-21(28-31(18)19)27-20(32)14-8-9-14/h1-7,14-15,29H,8-13H2,(H,27,28,32). The molecular weight excluding hydrogens is 485 g/mol. The molecule has 3 aromatic rings. The lowest BCUT2D eigenvalue weighted by atomic mass is 10.1. The summed E-state index contributed by atoms with van der Waals surface area (Å²) >= 11 is 0. The van der Waals surface area contributed by atoms with Crippen LogP contribution in [-0.2, 0) is 21.0 Å². The number of hydrogen-bond donors (Lipinski definition) is 2. The topological polar surface area (TPSA) is 109 Å². The average Bonchev–Trinajstić information content (AvgIpc) is 3.59. The van der Waals surface area contributed by atoms with Crippen molar-refractivity contribution in [3.05, 3.63) is 48.0 Å². The highest BCUT2D eigenvalue weighted by Crippen LogP contribution is 2.34. The van der Waals surface area contributed by atoms with Crippen LogP contribution in [0.25, 0.3) is 5.65 Å². The minimum Gasteiger partial charge on any atom is -0.356 e. The highest BCUT2D eigenvalue weighted by atomic mass is 32.2. The molecule has 0 spiro atoms. The number of halogens is 3. The number of benzene rings is 1. The molecule has 2 N–H and O–H groups in total. The van der Waals surface area contributed by atoms with Crippen molar-refractivity contribution < 1.29 is 26.4 Å². The number of nitrogens with zero attached hydrogens (tertiary/aromatic N) is 4. The van der Waals surface area contributed by atoms with Crippen molar-refractivity contribution in [2.75, 3.05) is 23.3 Å². The van der Waals surface area contributed by atoms with Gasteiger partial charge in [0.1, 0.15) is 5.82 Å². The van der Waals surface area contributed by atoms with Crippen LogP contribution in [0.1, 0.15) is 31.2 Å². The first-order chi connectivity index (χ1) is 16.6. The molecule has 1 aliphatic carbocycles. The van der Waals surface area contributed by atoms with Crippen LogP contribution in [0, 0.1) is 5.92 Å². The van der Waals surface area contributed by atoms with Gasteiger partial charge in [0.2, 0.25) is 21.9 Å². The van der Waals surface area contributed by atoms with Gasteiger partial charge in [0.15, 0.2) is 5.65 Å². The number of carbonyl (C=O) groups is 1. The van der Waals surface area contributed by atoms with Gasteiger partial charge in [-0.25, -0.2) is 13.1 Å². The number of sulfonamides is 1. The lowest BCUT2D eigenvalue weighted by Gasteiger charge is -2.33. The number of alkyl halides is 3. The summed E-state index contributed by atoms with van der Waals surface area (Å²) in [5.74, 6) is 0.876. The van der Waals surface area contributed by atoms with Crippen LogP contribution in [0.3, 0.4) is 0 Å². The molecule has 9 nitrogen and oxygen atoms in total. The van der Waals surface area contributed by atoms with Gasteiger partial charge >= 0.3 is 6.18 Å². The van der Waals surface area contributed by atoms with Crippen LogP contribution in [0.2, 0.25) is 0 Å². The lowest BCUT2D eigenvalue weighted by molar-refractivity contribution is -0.139. The number of carbonyl (C=O) groups excluding carboxylic acids is 1. The van der Waals surface area contributed by atoms with Crippen LogP contribution in [-0.4, -0.2) is 48.1 Å². The fourth-order valence-corrected chi connectivity index (χ4v) is 5.72. The summed E-state index contributed by atoms with van der Waals surface area (Å²) in [5.41, 5.74) is -0.632. The molecule has 186 valence electrons. The third kappa shape index (κ3) is 4.96. The van der Waals surface area contributed by atoms with Gasteiger partial charge in [0.05, 0.1) is 10.5 Å². The number of pyridine rings is 1. The van der Waals surface area contributed by atoms with E-state index >= 15 is 0 Å². The molecular formula is C22H23F3N6O3S. The van der Waals surface area contributed by atoms with Gasteiger partial charge in [0, 0.05) is 25.0 Å². The Morgan fingerprint density at radius 2 is 1.71 bits per heavy atom. The predicted molar refractivity (Wildman–Crippen MR) is 121 cm³/mol. The van der Waals surface area contributed by atoms with Gasteiger partial charge in [-0.2, -0.15) is 22.7 Å². The Kier molecular flexibility index (Phi) is 5.91. The maximum Gasteiger partial charge on any atom is 0.417 e. The van der Waals surface area contributed by atoms with Gasteiger partial charge < -0.3 is 4.90 Å². The van der Waals surface area contributed by atoms with E-state index in [1.54, 1.807) is 10.6 Å². The molecule has 2 aromatic heterocycles. The van der Waals surface area contributed by atoms with Crippen molar-refractivity contribution in [3.8, 4) is 0 Å². The van der Waals surface area contributed by atoms with E-state index in [4.69, 9.17) is 0 Å². The molecule has 2 fully saturated rings. The molecule has 2 aliphatic rings. The van der Waals surface area contributed by atoms with Gasteiger partial charge in [-0.3, -0.25) is 10.1 Å². The number of piperidine rings is 1. The number of nitrogens with one attached hydrogen (secondary N) is 2. The van der Waals surface area contributed by atoms with Crippen molar-refractivity contribution in [1.29, 1.82) is 0 Å². The summed E-state index contributed by atoms with van der Waals surface area (Å²) < 4.78 is 69.5. The molecule has 35 heavy (non-hydrogen) atoms. The largest absolute Gasteiger partial charge is 0.417 e. The monoisotopic (exact) mass is 508 g/mol. The molecule has 0 radical (unpaired) electrons. The second-order valence-electron chi connectivity index (χ2n) is 8.73. The normalized spacial score (nSPS) is 17.6. The number of fused-ring (bicyclic) bond motifs is 1. The Hall–Kier alpha value is -3.19. The van der Waals surface area contributed by atoms with E-state index < -0.39 is 32.7 Å². The molecule has 5 rings (SSSR count). The fourth-order valence-electron chi connectivity index (χ4n) is 4.19. The number of anilines is 2. The molecule has 3 heterocycles. The molecule has 1 saturated carbocycles. The highest BCUT2D eigenvalue weighted by molar-refractivity contribution is 7.89. The van der Waals surface area contributed by atoms with Gasteiger partial charge in [-0.15, -0.1) is 5.10 Å². The molecule has 13 heteroatoms. The van der Waals surface area contributed by atoms with E-state index in [1.807, 2.05) is 17.0 Å². The van der Waals surface area contributed by atoms with Crippen molar-refractivity contribution in [2.45, 2.75) is 42.8 Å². The first kappa shape index (κ1) is 23.5. The Morgan fingerprint density at radius 1 is 1.00 bits per heavy atom. The summed E-state index contributed by atoms with van der Waals surface area (Å²) in [6, 6.07) is 9.07. The minimum atomic E-state index is -4.78. The van der Waals surface area contributed by atoms with E-state index in [9.17, 15) is 26.4 Å². The van der Waals surface area contributed by atoms with E-state index in [0.717, 1.165) is 36.9 Å². The SMILES string of the molecule is O=C(Nc1nc2cccc(N3CCC(NS(=O)(=O)c4ccccc4C(F)(F)F)CC3)n2n1)C1CC1. The molecule has 0 unspecified atom stereocenters. The van der Waals surface area contributed by atoms with Gasteiger partial charge in [-0.1, -0.05) is 18.2 Å². The maximum atomic E-state index is 13.3. The highest BCUT2D eigenvalue weighted by Gasteiger charge is 2.38. The third-order valence-corrected chi connectivity index (χ3v) is 7.72. The predicted octanol–water partition coefficient (Wildman–Crippen LogP) is 3.04. The Bertz CT molecular complexity index is 1360. The molecule has 1 aromatic carbocycles. The molecule has 0 bridgehead atoms. The smallest absolute Gasteiger partial charge is 0.356 e. The zero-order chi connectivity index (χ0) is 24.8. The zero-order valence-corrected chi connectivity index (χ0v) is 19.3. The summed E-state index contributed by atoms with van der Waals surface area (Å²) in [7, 11) is -4.36. The van der Waals surface area contributed by atoms with E-state index in [0.29, 0.717) is 31.6 Å². The number of amides is 1. The molecule has 1 amide bonds. The van der Waals surface area contributed by atoms with E-state index in [1.165, 1.54) is 6.07 Å². The zero-order valence-electron chi connectivity index (χ0n) is 18.5. The molecule has 1 saturated heterocycles. The second kappa shape index (κ2) is 8.79. The molecule has 0 atom stereocenters. The fraction of sp³-hybridized carbons (Fsp3) is 0.409. The van der Waals surface area contributed by atoms with Crippen LogP contribution in [0.4, 0.5) is 24.9 Å². The second-order valence-corrected chi connectivity index (χ2v) is 10.4. The number of hydrogen-bond acceptors (Lipinski definition) is 6. The van der Waals surface area contributed by atoms with Crippen LogP contribution in [0.15, 0.2) is 47.4 Å². The number of rotatable bonds is 6. The summed E-state index contributed by atoms with van der Waals surface area (Å²) in [6.45, 7) is 0.910. The van der Waals surface area contributed by atoms with Crippen LogP contribution >= 0.6 is 0 Å². The third-order valence-electron chi connectivity index (χ3n) is 6.15. The minimum absolute atomic E-state index is 0.0204. The van der Waals surface area contributed by atoms with Crippen molar-refractivity contribution >= 4 is 33.3 Å². The number of aromatic nitrogens is 3. The lowest BCUT2D eigenvalue weighted by Crippen LogP contribution is -2.45. The van der Waals surface area contributed by atoms with Crippen molar-refractivity contribution in [3.63, 3.8) is 0 Å². The molecule has 1 aliphatic heterocycles. The summed E-state index contributed by atoms with van der Waals surface area (Å²) in [4.78, 5) is 17.6. The summed E-state index contributed by atoms with van der Waals surface area (Å²) in [6.07, 6.45) is -2.26. The quantitative estimate of drug-likeness (QED) is 0.530.